The minimum atomic E-state index is -0.112. The second-order valence-electron chi connectivity index (χ2n) is 5.32. The third-order valence-electron chi connectivity index (χ3n) is 3.38. The smallest absolute Gasteiger partial charge is 0.167 e. The van der Waals surface area contributed by atoms with Crippen molar-refractivity contribution in [3.05, 3.63) is 12.7 Å². The van der Waals surface area contributed by atoms with E-state index in [1.165, 1.54) is 6.33 Å². The number of ether oxygens (including phenoxy) is 1. The number of anilines is 1. The van der Waals surface area contributed by atoms with Crippen molar-refractivity contribution in [1.82, 2.24) is 19.5 Å². The van der Waals surface area contributed by atoms with E-state index < -0.39 is 0 Å². The summed E-state index contributed by atoms with van der Waals surface area (Å²) in [4.78, 5) is 13.0. The second kappa shape index (κ2) is 5.34. The molecule has 7 heteroatoms. The Hall–Kier alpha value is -1.73. The fourth-order valence-electron chi connectivity index (χ4n) is 2.47. The number of hydrogen-bond donors (Lipinski definition) is 2. The monoisotopic (exact) mass is 277 g/mol. The Balaban J connectivity index is 1.94. The molecule has 2 atom stereocenters. The molecule has 1 saturated heterocycles. The van der Waals surface area contributed by atoms with Crippen LogP contribution >= 0.6 is 0 Å². The summed E-state index contributed by atoms with van der Waals surface area (Å²) in [5, 5.41) is 12.4. The Kier molecular flexibility index (Phi) is 3.54. The van der Waals surface area contributed by atoms with Gasteiger partial charge in [-0.15, -0.1) is 0 Å². The van der Waals surface area contributed by atoms with Crippen molar-refractivity contribution in [3.63, 3.8) is 0 Å². The van der Waals surface area contributed by atoms with Gasteiger partial charge in [0.25, 0.3) is 0 Å². The number of hydrogen-bond acceptors (Lipinski definition) is 6. The van der Waals surface area contributed by atoms with Crippen LogP contribution in [0, 0.1) is 0 Å². The van der Waals surface area contributed by atoms with Gasteiger partial charge in [-0.25, -0.2) is 15.0 Å². The zero-order chi connectivity index (χ0) is 14.1. The summed E-state index contributed by atoms with van der Waals surface area (Å²) in [5.74, 6) is 0.737. The molecule has 2 N–H and O–H groups in total. The predicted molar refractivity (Wildman–Crippen MR) is 74.3 cm³/mol. The Labute approximate surface area is 117 Å². The molecule has 3 heterocycles. The van der Waals surface area contributed by atoms with Crippen molar-refractivity contribution >= 4 is 17.0 Å². The van der Waals surface area contributed by atoms with E-state index in [4.69, 9.17) is 9.84 Å². The van der Waals surface area contributed by atoms with Crippen LogP contribution in [0.2, 0.25) is 0 Å². The molecule has 0 amide bonds. The van der Waals surface area contributed by atoms with E-state index in [9.17, 15) is 0 Å². The summed E-state index contributed by atoms with van der Waals surface area (Å²) in [6, 6.07) is 0.278. The molecule has 1 fully saturated rings. The lowest BCUT2D eigenvalue weighted by Gasteiger charge is -2.14. The Morgan fingerprint density at radius 1 is 1.40 bits per heavy atom. The van der Waals surface area contributed by atoms with Crippen LogP contribution in [0.4, 0.5) is 5.82 Å². The molecule has 0 bridgehead atoms. The molecule has 2 aromatic rings. The van der Waals surface area contributed by atoms with Crippen molar-refractivity contribution in [2.75, 3.05) is 11.9 Å². The Morgan fingerprint density at radius 3 is 2.95 bits per heavy atom. The highest BCUT2D eigenvalue weighted by Gasteiger charge is 2.27. The van der Waals surface area contributed by atoms with Crippen molar-refractivity contribution in [2.24, 2.45) is 0 Å². The molecule has 0 aromatic carbocycles. The maximum absolute atomic E-state index is 9.15. The molecule has 2 aromatic heterocycles. The molecule has 7 nitrogen and oxygen atoms in total. The van der Waals surface area contributed by atoms with Crippen molar-refractivity contribution in [2.45, 2.75) is 45.1 Å². The Morgan fingerprint density at radius 2 is 2.25 bits per heavy atom. The number of nitrogens with zero attached hydrogens (tertiary/aromatic N) is 4. The zero-order valence-electron chi connectivity index (χ0n) is 11.7. The Bertz CT molecular complexity index is 597. The fourth-order valence-corrected chi connectivity index (χ4v) is 2.47. The van der Waals surface area contributed by atoms with Crippen LogP contribution in [0.25, 0.3) is 11.2 Å². The SMILES string of the molecule is CC(C)Nc1ncnc2c1ncn2C1CCC(CO)O1. The van der Waals surface area contributed by atoms with Gasteiger partial charge in [0, 0.05) is 6.04 Å². The summed E-state index contributed by atoms with van der Waals surface area (Å²) in [5.41, 5.74) is 1.50. The highest BCUT2D eigenvalue weighted by molar-refractivity contribution is 5.82. The largest absolute Gasteiger partial charge is 0.394 e. The van der Waals surface area contributed by atoms with E-state index >= 15 is 0 Å². The lowest BCUT2D eigenvalue weighted by Crippen LogP contribution is -2.14. The number of aliphatic hydroxyl groups is 1. The van der Waals surface area contributed by atoms with Crippen LogP contribution in [-0.2, 0) is 4.74 Å². The summed E-state index contributed by atoms with van der Waals surface area (Å²) in [6.45, 7) is 4.16. The van der Waals surface area contributed by atoms with Gasteiger partial charge in [0.1, 0.15) is 12.6 Å². The van der Waals surface area contributed by atoms with Gasteiger partial charge in [-0.2, -0.15) is 0 Å². The van der Waals surface area contributed by atoms with Gasteiger partial charge in [0.05, 0.1) is 19.0 Å². The van der Waals surface area contributed by atoms with Crippen molar-refractivity contribution in [3.8, 4) is 0 Å². The maximum Gasteiger partial charge on any atom is 0.167 e. The van der Waals surface area contributed by atoms with E-state index in [2.05, 4.69) is 34.1 Å². The third-order valence-corrected chi connectivity index (χ3v) is 3.38. The van der Waals surface area contributed by atoms with E-state index in [0.29, 0.717) is 0 Å². The van der Waals surface area contributed by atoms with Crippen LogP contribution in [0.5, 0.6) is 0 Å². The summed E-state index contributed by atoms with van der Waals surface area (Å²) in [6.07, 6.45) is 4.77. The molecule has 20 heavy (non-hydrogen) atoms. The van der Waals surface area contributed by atoms with Gasteiger partial charge < -0.3 is 15.2 Å². The van der Waals surface area contributed by atoms with Crippen molar-refractivity contribution in [1.29, 1.82) is 0 Å². The highest BCUT2D eigenvalue weighted by Crippen LogP contribution is 2.31. The van der Waals surface area contributed by atoms with E-state index in [1.54, 1.807) is 6.33 Å². The van der Waals surface area contributed by atoms with Crippen molar-refractivity contribution < 1.29 is 9.84 Å². The van der Waals surface area contributed by atoms with Gasteiger partial charge in [-0.05, 0) is 26.7 Å². The molecule has 1 aliphatic rings. The average molecular weight is 277 g/mol. The number of aliphatic hydroxyl groups excluding tert-OH is 1. The van der Waals surface area contributed by atoms with Crippen LogP contribution in [0.3, 0.4) is 0 Å². The van der Waals surface area contributed by atoms with Crippen LogP contribution in [0.15, 0.2) is 12.7 Å². The zero-order valence-corrected chi connectivity index (χ0v) is 11.7. The molecule has 0 saturated carbocycles. The lowest BCUT2D eigenvalue weighted by molar-refractivity contribution is -0.0207. The summed E-state index contributed by atoms with van der Waals surface area (Å²) >= 11 is 0. The van der Waals surface area contributed by atoms with E-state index in [-0.39, 0.29) is 25.0 Å². The highest BCUT2D eigenvalue weighted by atomic mass is 16.5. The minimum Gasteiger partial charge on any atom is -0.394 e. The molecule has 0 aliphatic carbocycles. The summed E-state index contributed by atoms with van der Waals surface area (Å²) < 4.78 is 7.69. The number of aromatic nitrogens is 4. The van der Waals surface area contributed by atoms with E-state index in [1.807, 2.05) is 4.57 Å². The third kappa shape index (κ3) is 2.34. The molecular weight excluding hydrogens is 258 g/mol. The first kappa shape index (κ1) is 13.3. The number of nitrogens with one attached hydrogen (secondary N) is 1. The molecule has 3 rings (SSSR count). The molecule has 0 spiro atoms. The standard InChI is InChI=1S/C13H19N5O2/c1-8(2)17-12-11-13(15-6-14-12)18(7-16-11)10-4-3-9(5-19)20-10/h6-10,19H,3-5H2,1-2H3,(H,14,15,17). The first-order valence-corrected chi connectivity index (χ1v) is 6.89. The predicted octanol–water partition coefficient (Wildman–Crippen LogP) is 1.32. The van der Waals surface area contributed by atoms with Gasteiger partial charge in [-0.1, -0.05) is 0 Å². The molecular formula is C13H19N5O2. The molecule has 2 unspecified atom stereocenters. The fraction of sp³-hybridized carbons (Fsp3) is 0.615. The lowest BCUT2D eigenvalue weighted by atomic mass is 10.2. The first-order valence-electron chi connectivity index (χ1n) is 6.89. The molecule has 1 aliphatic heterocycles. The second-order valence-corrected chi connectivity index (χ2v) is 5.32. The number of rotatable bonds is 4. The number of fused-ring (bicyclic) bond motifs is 1. The van der Waals surface area contributed by atoms with Gasteiger partial charge in [0.2, 0.25) is 0 Å². The number of imidazole rings is 1. The van der Waals surface area contributed by atoms with Gasteiger partial charge >= 0.3 is 0 Å². The van der Waals surface area contributed by atoms with E-state index in [0.717, 1.165) is 29.8 Å². The normalized spacial score (nSPS) is 22.8. The quantitative estimate of drug-likeness (QED) is 0.876. The minimum absolute atomic E-state index is 0.0538. The van der Waals surface area contributed by atoms with Crippen LogP contribution < -0.4 is 5.32 Å². The van der Waals surface area contributed by atoms with Crippen LogP contribution in [0.1, 0.15) is 32.9 Å². The topological polar surface area (TPSA) is 85.1 Å². The van der Waals surface area contributed by atoms with Crippen LogP contribution in [-0.4, -0.2) is 43.4 Å². The average Bonchev–Trinajstić information content (AvgIpc) is 3.04. The summed E-state index contributed by atoms with van der Waals surface area (Å²) in [7, 11) is 0. The first-order chi connectivity index (χ1) is 9.69. The molecule has 0 radical (unpaired) electrons. The molecule has 108 valence electrons. The van der Waals surface area contributed by atoms with Gasteiger partial charge in [0.15, 0.2) is 17.0 Å². The maximum atomic E-state index is 9.15. The van der Waals surface area contributed by atoms with Gasteiger partial charge in [-0.3, -0.25) is 4.57 Å².